The summed E-state index contributed by atoms with van der Waals surface area (Å²) in [5.74, 6) is 1.01. The highest BCUT2D eigenvalue weighted by molar-refractivity contribution is 7.07. The molecule has 3 aromatic rings. The van der Waals surface area contributed by atoms with Crippen LogP contribution in [0, 0.1) is 6.92 Å². The third kappa shape index (κ3) is 4.88. The first-order valence-electron chi connectivity index (χ1n) is 8.81. The maximum absolute atomic E-state index is 11.7. The van der Waals surface area contributed by atoms with Gasteiger partial charge in [0.15, 0.2) is 0 Å². The lowest BCUT2D eigenvalue weighted by atomic mass is 10.1. The van der Waals surface area contributed by atoms with Crippen LogP contribution < -0.4 is 15.4 Å². The second-order valence-electron chi connectivity index (χ2n) is 6.25. The van der Waals surface area contributed by atoms with Crippen molar-refractivity contribution >= 4 is 40.7 Å². The zero-order valence-electron chi connectivity index (χ0n) is 16.5. The fraction of sp³-hybridized carbons (Fsp3) is 0.200. The second-order valence-corrected chi connectivity index (χ2v) is 7.09. The summed E-state index contributed by atoms with van der Waals surface area (Å²) in [7, 11) is 1.69. The lowest BCUT2D eigenvalue weighted by Gasteiger charge is -2.13. The number of amides is 2. The maximum Gasteiger partial charge on any atom is 0.221 e. The number of carbonyl (C=O) groups excluding carboxylic acids is 2. The molecule has 9 heteroatoms. The zero-order chi connectivity index (χ0) is 21.0. The first-order chi connectivity index (χ1) is 13.9. The van der Waals surface area contributed by atoms with Gasteiger partial charge in [0, 0.05) is 37.5 Å². The molecular weight excluding hydrogens is 390 g/mol. The minimum Gasteiger partial charge on any atom is -0.460 e. The summed E-state index contributed by atoms with van der Waals surface area (Å²) in [5, 5.41) is 12.0. The predicted molar refractivity (Wildman–Crippen MR) is 114 cm³/mol. The first kappa shape index (κ1) is 20.3. The molecule has 0 unspecified atom stereocenters. The SMILES string of the molecule is CN=c1scc(-c2ccc(NC(C)=O)cc2NC(C)=O)n1/N=C\c1ccc(C)o1. The fourth-order valence-corrected chi connectivity index (χ4v) is 3.52. The molecule has 1 aromatic carbocycles. The molecule has 0 fully saturated rings. The van der Waals surface area contributed by atoms with Crippen LogP contribution in [0.4, 0.5) is 11.4 Å². The quantitative estimate of drug-likeness (QED) is 0.629. The van der Waals surface area contributed by atoms with Crippen molar-refractivity contribution in [2.75, 3.05) is 17.7 Å². The van der Waals surface area contributed by atoms with E-state index in [0.717, 1.165) is 17.0 Å². The number of nitrogens with one attached hydrogen (secondary N) is 2. The van der Waals surface area contributed by atoms with Crippen LogP contribution in [-0.2, 0) is 9.59 Å². The molecule has 0 atom stereocenters. The number of hydrogen-bond acceptors (Lipinski definition) is 6. The van der Waals surface area contributed by atoms with Crippen molar-refractivity contribution in [3.8, 4) is 11.3 Å². The maximum atomic E-state index is 11.7. The molecule has 2 heterocycles. The number of aromatic nitrogens is 1. The summed E-state index contributed by atoms with van der Waals surface area (Å²) in [6.07, 6.45) is 1.61. The van der Waals surface area contributed by atoms with E-state index in [9.17, 15) is 9.59 Å². The second kappa shape index (κ2) is 8.70. The standard InChI is InChI=1S/C20H21N5O3S/c1-12-5-7-16(28-12)10-22-25-19(11-29-20(25)21-4)17-8-6-15(23-13(2)26)9-18(17)24-14(3)27/h5-11H,1-4H3,(H,23,26)(H,24,27)/b21-20?,22-10-. The Kier molecular flexibility index (Phi) is 6.08. The summed E-state index contributed by atoms with van der Waals surface area (Å²) in [5.41, 5.74) is 2.63. The number of furan rings is 1. The molecule has 0 saturated carbocycles. The third-order valence-electron chi connectivity index (χ3n) is 3.86. The average Bonchev–Trinajstić information content (AvgIpc) is 3.24. The number of benzene rings is 1. The van der Waals surface area contributed by atoms with E-state index >= 15 is 0 Å². The highest BCUT2D eigenvalue weighted by Crippen LogP contribution is 2.31. The molecule has 29 heavy (non-hydrogen) atoms. The monoisotopic (exact) mass is 411 g/mol. The summed E-state index contributed by atoms with van der Waals surface area (Å²) < 4.78 is 7.22. The minimum absolute atomic E-state index is 0.192. The number of hydrogen-bond donors (Lipinski definition) is 2. The highest BCUT2D eigenvalue weighted by atomic mass is 32.1. The Bertz CT molecular complexity index is 1150. The van der Waals surface area contributed by atoms with E-state index in [1.807, 2.05) is 30.5 Å². The predicted octanol–water partition coefficient (Wildman–Crippen LogP) is 3.45. The summed E-state index contributed by atoms with van der Waals surface area (Å²) in [6, 6.07) is 9.00. The summed E-state index contributed by atoms with van der Waals surface area (Å²) in [6.45, 7) is 4.73. The number of rotatable bonds is 5. The van der Waals surface area contributed by atoms with E-state index in [4.69, 9.17) is 4.42 Å². The third-order valence-corrected chi connectivity index (χ3v) is 4.77. The van der Waals surface area contributed by atoms with Gasteiger partial charge in [0.05, 0.1) is 17.6 Å². The zero-order valence-corrected chi connectivity index (χ0v) is 17.3. The number of carbonyl (C=O) groups is 2. The molecule has 0 radical (unpaired) electrons. The topological polar surface area (TPSA) is 101 Å². The summed E-state index contributed by atoms with van der Waals surface area (Å²) >= 11 is 1.42. The van der Waals surface area contributed by atoms with Gasteiger partial charge in [-0.2, -0.15) is 5.10 Å². The van der Waals surface area contributed by atoms with Crippen LogP contribution in [0.25, 0.3) is 11.3 Å². The lowest BCUT2D eigenvalue weighted by molar-refractivity contribution is -0.115. The molecule has 0 spiro atoms. The highest BCUT2D eigenvalue weighted by Gasteiger charge is 2.14. The Morgan fingerprint density at radius 3 is 2.52 bits per heavy atom. The van der Waals surface area contributed by atoms with Crippen LogP contribution in [-0.4, -0.2) is 29.8 Å². The van der Waals surface area contributed by atoms with Gasteiger partial charge in [0.1, 0.15) is 11.5 Å². The van der Waals surface area contributed by atoms with Gasteiger partial charge >= 0.3 is 0 Å². The largest absolute Gasteiger partial charge is 0.460 e. The Morgan fingerprint density at radius 2 is 1.90 bits per heavy atom. The van der Waals surface area contributed by atoms with E-state index < -0.39 is 0 Å². The molecule has 2 amide bonds. The smallest absolute Gasteiger partial charge is 0.221 e. The molecule has 3 rings (SSSR count). The van der Waals surface area contributed by atoms with Gasteiger partial charge in [-0.1, -0.05) is 0 Å². The van der Waals surface area contributed by atoms with Crippen molar-refractivity contribution in [2.24, 2.45) is 10.1 Å². The molecule has 0 bridgehead atoms. The number of thiazole rings is 1. The van der Waals surface area contributed by atoms with Crippen molar-refractivity contribution in [1.29, 1.82) is 0 Å². The normalized spacial score (nSPS) is 11.8. The van der Waals surface area contributed by atoms with E-state index in [-0.39, 0.29) is 11.8 Å². The van der Waals surface area contributed by atoms with Crippen molar-refractivity contribution in [3.05, 3.63) is 52.0 Å². The van der Waals surface area contributed by atoms with Gasteiger partial charge in [-0.3, -0.25) is 14.6 Å². The van der Waals surface area contributed by atoms with Gasteiger partial charge < -0.3 is 15.1 Å². The number of anilines is 2. The fourth-order valence-electron chi connectivity index (χ4n) is 2.73. The average molecular weight is 411 g/mol. The number of aryl methyl sites for hydroxylation is 1. The van der Waals surface area contributed by atoms with E-state index in [0.29, 0.717) is 21.9 Å². The van der Waals surface area contributed by atoms with Gasteiger partial charge in [-0.05, 0) is 37.3 Å². The Morgan fingerprint density at radius 1 is 1.14 bits per heavy atom. The summed E-state index contributed by atoms with van der Waals surface area (Å²) in [4.78, 5) is 28.1. The Hall–Kier alpha value is -3.46. The van der Waals surface area contributed by atoms with Gasteiger partial charge in [-0.25, -0.2) is 4.68 Å². The molecule has 2 aromatic heterocycles. The first-order valence-corrected chi connectivity index (χ1v) is 9.69. The van der Waals surface area contributed by atoms with Crippen LogP contribution in [0.5, 0.6) is 0 Å². The number of nitrogens with zero attached hydrogens (tertiary/aromatic N) is 3. The van der Waals surface area contributed by atoms with Crippen molar-refractivity contribution < 1.29 is 14.0 Å². The molecule has 0 aliphatic rings. The van der Waals surface area contributed by atoms with E-state index in [2.05, 4.69) is 20.7 Å². The Balaban J connectivity index is 2.10. The minimum atomic E-state index is -0.219. The molecule has 0 aliphatic heterocycles. The van der Waals surface area contributed by atoms with Crippen LogP contribution in [0.1, 0.15) is 25.4 Å². The van der Waals surface area contributed by atoms with Crippen molar-refractivity contribution in [2.45, 2.75) is 20.8 Å². The van der Waals surface area contributed by atoms with Crippen molar-refractivity contribution in [3.63, 3.8) is 0 Å². The van der Waals surface area contributed by atoms with Gasteiger partial charge in [0.25, 0.3) is 0 Å². The van der Waals surface area contributed by atoms with Crippen LogP contribution >= 0.6 is 11.3 Å². The lowest BCUT2D eigenvalue weighted by Crippen LogP contribution is -2.13. The Labute approximate surface area is 171 Å². The molecular formula is C20H21N5O3S. The molecule has 8 nitrogen and oxygen atoms in total. The van der Waals surface area contributed by atoms with Crippen LogP contribution in [0.3, 0.4) is 0 Å². The van der Waals surface area contributed by atoms with E-state index in [1.165, 1.54) is 25.2 Å². The molecule has 0 aliphatic carbocycles. The van der Waals surface area contributed by atoms with E-state index in [1.54, 1.807) is 30.1 Å². The molecule has 2 N–H and O–H groups in total. The van der Waals surface area contributed by atoms with Crippen molar-refractivity contribution in [1.82, 2.24) is 4.68 Å². The van der Waals surface area contributed by atoms with Crippen LogP contribution in [0.2, 0.25) is 0 Å². The van der Waals surface area contributed by atoms with Gasteiger partial charge in [-0.15, -0.1) is 11.3 Å². The van der Waals surface area contributed by atoms with Gasteiger partial charge in [0.2, 0.25) is 16.6 Å². The van der Waals surface area contributed by atoms with Crippen LogP contribution in [0.15, 0.2) is 50.2 Å². The molecule has 0 saturated heterocycles. The molecule has 150 valence electrons.